The van der Waals surface area contributed by atoms with Crippen molar-refractivity contribution < 1.29 is 0 Å². The standard InChI is InChI=1S/C44H30.2C40H26/c1-4-12-31(13-5-1)34-20-24-36(25-21-34)43-39-18-10-11-19-40(39)44(37-26-22-35(23-27-37)32-14-6-2-7-15-32)42-30-38(28-29-41(42)43)33-16-8-3-9-17-33;1-2-12-29(13-3-1)39-35-16-8-9-17-36(35)40(34-21-19-28-11-5-7-15-31(28)25-34)38-26-33(22-23-37(38)39)32-20-18-27-10-4-6-14-30(27)24-32;1-2-13-29(14-3-1)39-35-18-8-9-19-36(35)40(32-22-21-27-11-4-5-15-30(27)25-32)38-26-31(23-24-37(38)39)34-20-10-16-28-12-6-7-17-33(28)34/h1-30H;2*1-26H. The van der Waals surface area contributed by atoms with E-state index >= 15 is 0 Å². The molecule has 0 radical (unpaired) electrons. The Morgan fingerprint density at radius 3 is 0.661 bits per heavy atom. The lowest BCUT2D eigenvalue weighted by molar-refractivity contribution is 1.60. The van der Waals surface area contributed by atoms with Crippen LogP contribution in [0.15, 0.2) is 497 Å². The molecule has 0 aliphatic carbocycles. The van der Waals surface area contributed by atoms with E-state index in [1.807, 2.05) is 0 Å². The van der Waals surface area contributed by atoms with Crippen LogP contribution < -0.4 is 0 Å². The Morgan fingerprint density at radius 2 is 0.282 bits per heavy atom. The monoisotopic (exact) mass is 1570 g/mol. The summed E-state index contributed by atoms with van der Waals surface area (Å²) in [6.07, 6.45) is 0. The van der Waals surface area contributed by atoms with Gasteiger partial charge in [0.15, 0.2) is 0 Å². The maximum Gasteiger partial charge on any atom is -0.00259 e. The van der Waals surface area contributed by atoms with Crippen LogP contribution in [0.1, 0.15) is 0 Å². The number of rotatable bonds is 11. The third-order valence-electron chi connectivity index (χ3n) is 25.1. The summed E-state index contributed by atoms with van der Waals surface area (Å²) in [6.45, 7) is 0. The first kappa shape index (κ1) is 74.2. The van der Waals surface area contributed by atoms with E-state index in [1.54, 1.807) is 0 Å². The van der Waals surface area contributed by atoms with Crippen molar-refractivity contribution in [1.82, 2.24) is 0 Å². The fourth-order valence-electron chi connectivity index (χ4n) is 19.2. The smallest absolute Gasteiger partial charge is 0.00259 e. The molecular formula is C124H82. The van der Waals surface area contributed by atoms with Crippen LogP contribution in [0.5, 0.6) is 0 Å². The van der Waals surface area contributed by atoms with Crippen molar-refractivity contribution in [3.63, 3.8) is 0 Å². The summed E-state index contributed by atoms with van der Waals surface area (Å²) in [6, 6.07) is 181. The molecule has 24 aromatic carbocycles. The van der Waals surface area contributed by atoms with Crippen LogP contribution in [0.3, 0.4) is 0 Å². The Bertz CT molecular complexity index is 8140. The molecule has 0 bridgehead atoms. The molecule has 0 saturated heterocycles. The van der Waals surface area contributed by atoms with E-state index in [0.717, 1.165) is 0 Å². The highest BCUT2D eigenvalue weighted by atomic mass is 14.3. The average Bonchev–Trinajstić information content (AvgIpc) is 0.736. The molecule has 0 aliphatic heterocycles. The molecule has 0 amide bonds. The highest BCUT2D eigenvalue weighted by Gasteiger charge is 2.23. The molecule has 0 nitrogen and oxygen atoms in total. The molecule has 124 heavy (non-hydrogen) atoms. The van der Waals surface area contributed by atoms with Gasteiger partial charge in [-0.1, -0.05) is 461 Å². The summed E-state index contributed by atoms with van der Waals surface area (Å²) in [5, 5.41) is 25.4. The van der Waals surface area contributed by atoms with Crippen LogP contribution in [-0.2, 0) is 0 Å². The van der Waals surface area contributed by atoms with Gasteiger partial charge in [-0.05, 0) is 267 Å². The van der Waals surface area contributed by atoms with Crippen molar-refractivity contribution in [2.24, 2.45) is 0 Å². The first-order valence-electron chi connectivity index (χ1n) is 42.9. The molecule has 0 aromatic heterocycles. The number of hydrogen-bond acceptors (Lipinski definition) is 0. The van der Waals surface area contributed by atoms with E-state index in [-0.39, 0.29) is 0 Å². The Labute approximate surface area is 722 Å². The predicted molar refractivity (Wildman–Crippen MR) is 534 cm³/mol. The van der Waals surface area contributed by atoms with Crippen LogP contribution in [-0.4, -0.2) is 0 Å². The SMILES string of the molecule is c1ccc(-c2c3ccccc3c(-c3ccc4ccccc4c3)c3cc(-c4ccc5ccccc5c4)ccc23)cc1.c1ccc(-c2c3ccccc3c(-c3ccc4ccccc4c3)c3cc(-c4cccc5ccccc45)ccc23)cc1.c1ccc(-c2ccc(-c3c4ccccc4c(-c4ccc(-c5ccccc5)cc4)c4cc(-c5ccccc5)ccc34)cc2)cc1. The van der Waals surface area contributed by atoms with Crippen LogP contribution in [0.4, 0.5) is 0 Å². The van der Waals surface area contributed by atoms with Crippen molar-refractivity contribution in [3.05, 3.63) is 497 Å². The number of fused-ring (bicyclic) bond motifs is 10. The van der Waals surface area contributed by atoms with Crippen LogP contribution in [0.25, 0.3) is 230 Å². The van der Waals surface area contributed by atoms with Crippen LogP contribution in [0, 0.1) is 0 Å². The molecule has 0 atom stereocenters. The Balaban J connectivity index is 0.000000111. The van der Waals surface area contributed by atoms with Gasteiger partial charge in [0, 0.05) is 0 Å². The summed E-state index contributed by atoms with van der Waals surface area (Å²) in [4.78, 5) is 0. The summed E-state index contributed by atoms with van der Waals surface area (Å²) in [5.74, 6) is 0. The topological polar surface area (TPSA) is 0 Å². The maximum absolute atomic E-state index is 2.42. The molecule has 0 fully saturated rings. The average molecular weight is 1570 g/mol. The quantitative estimate of drug-likeness (QED) is 0.113. The zero-order valence-corrected chi connectivity index (χ0v) is 68.3. The van der Waals surface area contributed by atoms with E-state index in [2.05, 4.69) is 497 Å². The fourth-order valence-corrected chi connectivity index (χ4v) is 19.2. The van der Waals surface area contributed by atoms with Gasteiger partial charge >= 0.3 is 0 Å². The summed E-state index contributed by atoms with van der Waals surface area (Å²) in [7, 11) is 0. The van der Waals surface area contributed by atoms with Gasteiger partial charge in [-0.2, -0.15) is 0 Å². The van der Waals surface area contributed by atoms with Gasteiger partial charge in [0.05, 0.1) is 0 Å². The highest BCUT2D eigenvalue weighted by Crippen LogP contribution is 2.50. The molecular weight excluding hydrogens is 1490 g/mol. The molecule has 0 heterocycles. The van der Waals surface area contributed by atoms with E-state index in [4.69, 9.17) is 0 Å². The largest absolute Gasteiger partial charge is 0.0622 e. The Morgan fingerprint density at radius 1 is 0.0806 bits per heavy atom. The van der Waals surface area contributed by atoms with Gasteiger partial charge in [0.25, 0.3) is 0 Å². The number of hydrogen-bond donors (Lipinski definition) is 0. The molecule has 0 spiro atoms. The minimum atomic E-state index is 1.22. The normalized spacial score (nSPS) is 11.4. The summed E-state index contributed by atoms with van der Waals surface area (Å²) < 4.78 is 0. The second-order valence-corrected chi connectivity index (χ2v) is 32.4. The van der Waals surface area contributed by atoms with E-state index in [0.29, 0.717) is 0 Å². The summed E-state index contributed by atoms with van der Waals surface area (Å²) >= 11 is 0. The minimum Gasteiger partial charge on any atom is -0.0622 e. The molecule has 0 N–H and O–H groups in total. The van der Waals surface area contributed by atoms with Gasteiger partial charge in [-0.15, -0.1) is 0 Å². The van der Waals surface area contributed by atoms with Crippen molar-refractivity contribution in [3.8, 4) is 122 Å². The molecule has 24 aromatic rings. The molecule has 0 aliphatic rings. The van der Waals surface area contributed by atoms with E-state index < -0.39 is 0 Å². The highest BCUT2D eigenvalue weighted by molar-refractivity contribution is 6.26. The zero-order chi connectivity index (χ0) is 82.2. The van der Waals surface area contributed by atoms with Gasteiger partial charge in [0.2, 0.25) is 0 Å². The third kappa shape index (κ3) is 14.0. The van der Waals surface area contributed by atoms with Crippen molar-refractivity contribution >= 4 is 108 Å². The molecule has 24 rings (SSSR count). The van der Waals surface area contributed by atoms with Gasteiger partial charge < -0.3 is 0 Å². The fraction of sp³-hybridized carbons (Fsp3) is 0. The zero-order valence-electron chi connectivity index (χ0n) is 68.3. The first-order chi connectivity index (χ1) is 61.5. The van der Waals surface area contributed by atoms with Crippen molar-refractivity contribution in [1.29, 1.82) is 0 Å². The predicted octanol–water partition coefficient (Wildman–Crippen LogP) is 34.9. The van der Waals surface area contributed by atoms with Gasteiger partial charge in [-0.25, -0.2) is 0 Å². The second-order valence-electron chi connectivity index (χ2n) is 32.4. The van der Waals surface area contributed by atoms with Crippen LogP contribution in [0.2, 0.25) is 0 Å². The van der Waals surface area contributed by atoms with Crippen LogP contribution >= 0.6 is 0 Å². The van der Waals surface area contributed by atoms with E-state index in [1.165, 1.54) is 230 Å². The second kappa shape index (κ2) is 32.5. The Kier molecular flexibility index (Phi) is 19.5. The maximum atomic E-state index is 2.42. The van der Waals surface area contributed by atoms with Crippen molar-refractivity contribution in [2.75, 3.05) is 0 Å². The lowest BCUT2D eigenvalue weighted by Crippen LogP contribution is -1.92. The van der Waals surface area contributed by atoms with Gasteiger partial charge in [0.1, 0.15) is 0 Å². The lowest BCUT2D eigenvalue weighted by Gasteiger charge is -2.19. The minimum absolute atomic E-state index is 1.22. The van der Waals surface area contributed by atoms with Crippen molar-refractivity contribution in [2.45, 2.75) is 0 Å². The third-order valence-corrected chi connectivity index (χ3v) is 25.1. The lowest BCUT2D eigenvalue weighted by atomic mass is 9.84. The molecule has 0 heteroatoms. The van der Waals surface area contributed by atoms with Gasteiger partial charge in [-0.3, -0.25) is 0 Å². The molecule has 0 unspecified atom stereocenters. The Hall–Kier alpha value is -16.1. The summed E-state index contributed by atoms with van der Waals surface area (Å²) in [5.41, 5.74) is 27.5. The number of benzene rings is 24. The molecule has 0 saturated carbocycles. The molecule has 578 valence electrons. The first-order valence-corrected chi connectivity index (χ1v) is 42.9. The van der Waals surface area contributed by atoms with E-state index in [9.17, 15) is 0 Å².